The molecule has 0 fully saturated rings. The molecule has 56 valence electrons. The van der Waals surface area contributed by atoms with Gasteiger partial charge in [0.05, 0.1) is 0 Å². The molecule has 3 heteroatoms. The molecule has 0 unspecified atom stereocenters. The maximum atomic E-state index is 5.37. The fraction of sp³-hybridized carbons (Fsp3) is 1.00. The molecule has 0 spiro atoms. The van der Waals surface area contributed by atoms with Crippen molar-refractivity contribution in [1.82, 2.24) is 10.2 Å². The molecule has 0 radical (unpaired) electrons. The minimum absolute atomic E-state index is 0.746. The number of hydrogen-bond acceptors (Lipinski definition) is 3. The van der Waals surface area contributed by atoms with Crippen LogP contribution in [-0.4, -0.2) is 38.3 Å². The lowest BCUT2D eigenvalue weighted by Crippen LogP contribution is -2.35. The van der Waals surface area contributed by atoms with E-state index in [1.165, 1.54) is 0 Å². The summed E-state index contributed by atoms with van der Waals surface area (Å²) in [5, 5.41) is 3.07. The molecular weight excluding hydrogens is 114 g/mol. The Hall–Kier alpha value is -0.120. The van der Waals surface area contributed by atoms with Crippen molar-refractivity contribution in [2.24, 2.45) is 5.73 Å². The Labute approximate surface area is 57.2 Å². The quantitative estimate of drug-likeness (QED) is 0.492. The minimum atomic E-state index is 0.746. The van der Waals surface area contributed by atoms with Crippen LogP contribution in [0.3, 0.4) is 0 Å². The molecular formula is C6H17N3. The van der Waals surface area contributed by atoms with Crippen molar-refractivity contribution in [3.63, 3.8) is 0 Å². The molecule has 0 atom stereocenters. The second kappa shape index (κ2) is 6.01. The second-order valence-electron chi connectivity index (χ2n) is 2.01. The third-order valence-electron chi connectivity index (χ3n) is 1.27. The molecule has 0 aliphatic heterocycles. The Kier molecular flexibility index (Phi) is 5.93. The molecule has 0 saturated heterocycles. The predicted octanol–water partition coefficient (Wildman–Crippen LogP) is -0.556. The van der Waals surface area contributed by atoms with Crippen LogP contribution < -0.4 is 11.1 Å². The summed E-state index contributed by atoms with van der Waals surface area (Å²) in [5.41, 5.74) is 5.37. The molecule has 0 rings (SSSR count). The number of rotatable bonds is 5. The molecule has 3 N–H and O–H groups in total. The van der Waals surface area contributed by atoms with Crippen LogP contribution in [0.1, 0.15) is 6.92 Å². The number of nitrogens with one attached hydrogen (secondary N) is 1. The van der Waals surface area contributed by atoms with E-state index in [0.717, 1.165) is 26.3 Å². The largest absolute Gasteiger partial charge is 0.329 e. The van der Waals surface area contributed by atoms with Gasteiger partial charge in [0.15, 0.2) is 0 Å². The highest BCUT2D eigenvalue weighted by molar-refractivity contribution is 4.51. The van der Waals surface area contributed by atoms with Crippen LogP contribution in [0.15, 0.2) is 0 Å². The standard InChI is InChI=1S/C6H17N3/c1-3-9(5-4-7)6-8-2/h8H,3-7H2,1-2H3. The van der Waals surface area contributed by atoms with Gasteiger partial charge in [0, 0.05) is 19.8 Å². The number of likely N-dealkylation sites (N-methyl/N-ethyl adjacent to an activating group) is 1. The summed E-state index contributed by atoms with van der Waals surface area (Å²) in [6.45, 7) is 5.87. The summed E-state index contributed by atoms with van der Waals surface area (Å²) in [6, 6.07) is 0. The first-order valence-corrected chi connectivity index (χ1v) is 3.42. The van der Waals surface area contributed by atoms with E-state index < -0.39 is 0 Å². The monoisotopic (exact) mass is 131 g/mol. The van der Waals surface area contributed by atoms with Crippen LogP contribution in [-0.2, 0) is 0 Å². The first kappa shape index (κ1) is 8.88. The third-order valence-corrected chi connectivity index (χ3v) is 1.27. The summed E-state index contributed by atoms with van der Waals surface area (Å²) in [6.07, 6.45) is 0. The maximum absolute atomic E-state index is 5.37. The van der Waals surface area contributed by atoms with Crippen molar-refractivity contribution in [1.29, 1.82) is 0 Å². The number of hydrogen-bond donors (Lipinski definition) is 2. The Balaban J connectivity index is 3.18. The van der Waals surface area contributed by atoms with E-state index in [1.54, 1.807) is 0 Å². The molecule has 0 heterocycles. The lowest BCUT2D eigenvalue weighted by atomic mass is 10.5. The van der Waals surface area contributed by atoms with Gasteiger partial charge in [-0.1, -0.05) is 6.92 Å². The Morgan fingerprint density at radius 1 is 1.56 bits per heavy atom. The van der Waals surface area contributed by atoms with Crippen LogP contribution in [0.2, 0.25) is 0 Å². The normalized spacial score (nSPS) is 10.7. The molecule has 0 bridgehead atoms. The molecule has 0 saturated carbocycles. The zero-order valence-corrected chi connectivity index (χ0v) is 6.35. The SMILES string of the molecule is CCN(CCN)CNC. The van der Waals surface area contributed by atoms with E-state index in [9.17, 15) is 0 Å². The lowest BCUT2D eigenvalue weighted by Gasteiger charge is -2.17. The highest BCUT2D eigenvalue weighted by Gasteiger charge is 1.95. The topological polar surface area (TPSA) is 41.3 Å². The van der Waals surface area contributed by atoms with E-state index in [1.807, 2.05) is 7.05 Å². The number of nitrogens with two attached hydrogens (primary N) is 1. The van der Waals surface area contributed by atoms with E-state index >= 15 is 0 Å². The zero-order chi connectivity index (χ0) is 7.11. The summed E-state index contributed by atoms with van der Waals surface area (Å²) in [5.74, 6) is 0. The fourth-order valence-corrected chi connectivity index (χ4v) is 0.755. The highest BCUT2D eigenvalue weighted by atomic mass is 15.2. The number of nitrogens with zero attached hydrogens (tertiary/aromatic N) is 1. The Morgan fingerprint density at radius 3 is 2.56 bits per heavy atom. The van der Waals surface area contributed by atoms with Crippen LogP contribution in [0.25, 0.3) is 0 Å². The van der Waals surface area contributed by atoms with Gasteiger partial charge in [-0.15, -0.1) is 0 Å². The van der Waals surface area contributed by atoms with Crippen LogP contribution in [0.4, 0.5) is 0 Å². The van der Waals surface area contributed by atoms with Gasteiger partial charge in [-0.25, -0.2) is 0 Å². The average Bonchev–Trinajstić information content (AvgIpc) is 1.88. The molecule has 0 aromatic rings. The van der Waals surface area contributed by atoms with Crippen molar-refractivity contribution in [2.45, 2.75) is 6.92 Å². The van der Waals surface area contributed by atoms with Gasteiger partial charge in [0.2, 0.25) is 0 Å². The van der Waals surface area contributed by atoms with Crippen molar-refractivity contribution in [3.8, 4) is 0 Å². The summed E-state index contributed by atoms with van der Waals surface area (Å²) < 4.78 is 0. The van der Waals surface area contributed by atoms with Crippen LogP contribution in [0.5, 0.6) is 0 Å². The van der Waals surface area contributed by atoms with Crippen molar-refractivity contribution < 1.29 is 0 Å². The molecule has 0 aliphatic rings. The molecule has 0 aromatic heterocycles. The Morgan fingerprint density at radius 2 is 2.22 bits per heavy atom. The zero-order valence-electron chi connectivity index (χ0n) is 6.35. The van der Waals surface area contributed by atoms with Crippen LogP contribution >= 0.6 is 0 Å². The van der Waals surface area contributed by atoms with E-state index in [0.29, 0.717) is 0 Å². The summed E-state index contributed by atoms with van der Waals surface area (Å²) in [4.78, 5) is 2.25. The summed E-state index contributed by atoms with van der Waals surface area (Å²) in [7, 11) is 1.94. The first-order valence-electron chi connectivity index (χ1n) is 3.42. The van der Waals surface area contributed by atoms with Crippen molar-refractivity contribution in [2.75, 3.05) is 33.4 Å². The van der Waals surface area contributed by atoms with E-state index in [-0.39, 0.29) is 0 Å². The molecule has 9 heavy (non-hydrogen) atoms. The maximum Gasteiger partial charge on any atom is 0.0478 e. The lowest BCUT2D eigenvalue weighted by molar-refractivity contribution is 0.281. The summed E-state index contributed by atoms with van der Waals surface area (Å²) >= 11 is 0. The molecule has 0 aromatic carbocycles. The van der Waals surface area contributed by atoms with Gasteiger partial charge in [0.1, 0.15) is 0 Å². The first-order chi connectivity index (χ1) is 4.35. The van der Waals surface area contributed by atoms with Gasteiger partial charge >= 0.3 is 0 Å². The van der Waals surface area contributed by atoms with Gasteiger partial charge in [-0.05, 0) is 13.6 Å². The van der Waals surface area contributed by atoms with Crippen LogP contribution in [0, 0.1) is 0 Å². The van der Waals surface area contributed by atoms with Gasteiger partial charge in [-0.3, -0.25) is 4.90 Å². The smallest absolute Gasteiger partial charge is 0.0478 e. The molecule has 3 nitrogen and oxygen atoms in total. The second-order valence-corrected chi connectivity index (χ2v) is 2.01. The third kappa shape index (κ3) is 4.39. The predicted molar refractivity (Wildman–Crippen MR) is 40.2 cm³/mol. The van der Waals surface area contributed by atoms with Gasteiger partial charge < -0.3 is 11.1 Å². The fourth-order valence-electron chi connectivity index (χ4n) is 0.755. The Bertz CT molecular complexity index is 50.3. The van der Waals surface area contributed by atoms with Gasteiger partial charge in [-0.2, -0.15) is 0 Å². The van der Waals surface area contributed by atoms with E-state index in [2.05, 4.69) is 17.1 Å². The van der Waals surface area contributed by atoms with E-state index in [4.69, 9.17) is 5.73 Å². The highest BCUT2D eigenvalue weighted by Crippen LogP contribution is 1.80. The van der Waals surface area contributed by atoms with Gasteiger partial charge in [0.25, 0.3) is 0 Å². The van der Waals surface area contributed by atoms with Crippen molar-refractivity contribution >= 4 is 0 Å². The molecule has 0 amide bonds. The average molecular weight is 131 g/mol. The molecule has 0 aliphatic carbocycles. The minimum Gasteiger partial charge on any atom is -0.329 e. The van der Waals surface area contributed by atoms with Crippen molar-refractivity contribution in [3.05, 3.63) is 0 Å².